The van der Waals surface area contributed by atoms with Crippen molar-refractivity contribution < 1.29 is 14.4 Å². The van der Waals surface area contributed by atoms with Crippen LogP contribution in [-0.2, 0) is 4.74 Å². The Kier molecular flexibility index (Phi) is 7.12. The summed E-state index contributed by atoms with van der Waals surface area (Å²) in [4.78, 5) is 24.6. The summed E-state index contributed by atoms with van der Waals surface area (Å²) in [5.74, 6) is 0.769. The lowest BCUT2D eigenvalue weighted by Gasteiger charge is -2.28. The molecule has 2 aromatic carbocycles. The number of hydrogen-bond donors (Lipinski definition) is 1. The zero-order valence-corrected chi connectivity index (χ0v) is 21.9. The first-order valence-electron chi connectivity index (χ1n) is 12.4. The molecule has 1 aliphatic heterocycles. The van der Waals surface area contributed by atoms with E-state index in [1.807, 2.05) is 49.1 Å². The highest BCUT2D eigenvalue weighted by molar-refractivity contribution is 5.95. The van der Waals surface area contributed by atoms with Gasteiger partial charge in [0, 0.05) is 61.1 Å². The lowest BCUT2D eigenvalue weighted by molar-refractivity contribution is -0.384. The summed E-state index contributed by atoms with van der Waals surface area (Å²) in [7, 11) is 7.29. The summed E-state index contributed by atoms with van der Waals surface area (Å²) in [5.41, 5.74) is 3.70. The molecular weight excluding hydrogens is 486 g/mol. The largest absolute Gasteiger partial charge is 0.494 e. The van der Waals surface area contributed by atoms with Crippen LogP contribution >= 0.6 is 0 Å². The molecule has 0 atom stereocenters. The summed E-state index contributed by atoms with van der Waals surface area (Å²) in [6, 6.07) is 13.5. The van der Waals surface area contributed by atoms with Crippen molar-refractivity contribution in [2.45, 2.75) is 6.04 Å². The van der Waals surface area contributed by atoms with E-state index >= 15 is 0 Å². The maximum Gasteiger partial charge on any atom is 0.294 e. The van der Waals surface area contributed by atoms with Crippen LogP contribution < -0.4 is 15.0 Å². The number of nitrogens with one attached hydrogen (secondary N) is 1. The molecule has 0 amide bonds. The van der Waals surface area contributed by atoms with Crippen molar-refractivity contribution in [3.05, 3.63) is 65.0 Å². The molecule has 1 N–H and O–H groups in total. The molecule has 198 valence electrons. The highest BCUT2D eigenvalue weighted by Crippen LogP contribution is 2.39. The van der Waals surface area contributed by atoms with Crippen molar-refractivity contribution in [1.82, 2.24) is 19.4 Å². The highest BCUT2D eigenvalue weighted by atomic mass is 16.6. The summed E-state index contributed by atoms with van der Waals surface area (Å²) in [6.45, 7) is 2.75. The van der Waals surface area contributed by atoms with Crippen LogP contribution in [-0.4, -0.2) is 78.9 Å². The Hall–Kier alpha value is -4.22. The van der Waals surface area contributed by atoms with Crippen LogP contribution in [0.15, 0.2) is 54.9 Å². The maximum atomic E-state index is 12.0. The zero-order chi connectivity index (χ0) is 26.8. The number of fused-ring (bicyclic) bond motifs is 1. The normalized spacial score (nSPS) is 13.5. The molecule has 2 aromatic heterocycles. The third-order valence-electron chi connectivity index (χ3n) is 6.72. The number of methoxy groups -OCH3 is 1. The van der Waals surface area contributed by atoms with Gasteiger partial charge >= 0.3 is 0 Å². The molecule has 0 spiro atoms. The number of benzene rings is 2. The summed E-state index contributed by atoms with van der Waals surface area (Å²) < 4.78 is 13.2. The molecule has 11 nitrogen and oxygen atoms in total. The molecule has 38 heavy (non-hydrogen) atoms. The van der Waals surface area contributed by atoms with Crippen molar-refractivity contribution in [2.24, 2.45) is 0 Å². The van der Waals surface area contributed by atoms with E-state index in [0.29, 0.717) is 48.9 Å². The van der Waals surface area contributed by atoms with E-state index in [1.54, 1.807) is 12.3 Å². The number of likely N-dealkylation sites (N-methyl/N-ethyl adjacent to an activating group) is 2. The molecule has 0 radical (unpaired) electrons. The van der Waals surface area contributed by atoms with E-state index in [9.17, 15) is 10.1 Å². The molecule has 0 bridgehead atoms. The van der Waals surface area contributed by atoms with Gasteiger partial charge in [0.05, 0.1) is 42.7 Å². The molecule has 0 unspecified atom stereocenters. The molecule has 5 rings (SSSR count). The van der Waals surface area contributed by atoms with Crippen LogP contribution in [0.3, 0.4) is 0 Å². The van der Waals surface area contributed by atoms with E-state index in [2.05, 4.69) is 33.2 Å². The molecule has 0 saturated carbocycles. The van der Waals surface area contributed by atoms with E-state index in [1.165, 1.54) is 13.2 Å². The number of para-hydroxylation sites is 1. The molecule has 3 heterocycles. The Morgan fingerprint density at radius 3 is 2.66 bits per heavy atom. The molecule has 4 aromatic rings. The van der Waals surface area contributed by atoms with E-state index < -0.39 is 0 Å². The predicted octanol–water partition coefficient (Wildman–Crippen LogP) is 4.33. The van der Waals surface area contributed by atoms with Crippen molar-refractivity contribution >= 4 is 33.9 Å². The average Bonchev–Trinajstić information content (AvgIpc) is 3.25. The van der Waals surface area contributed by atoms with Crippen molar-refractivity contribution in [1.29, 1.82) is 0 Å². The van der Waals surface area contributed by atoms with Crippen molar-refractivity contribution in [3.8, 4) is 17.0 Å². The van der Waals surface area contributed by atoms with Gasteiger partial charge in [0.15, 0.2) is 0 Å². The quantitative estimate of drug-likeness (QED) is 0.243. The number of rotatable bonds is 10. The van der Waals surface area contributed by atoms with Gasteiger partial charge in [0.1, 0.15) is 11.4 Å². The van der Waals surface area contributed by atoms with Crippen molar-refractivity contribution in [2.75, 3.05) is 64.8 Å². The molecule has 0 aliphatic carbocycles. The fraction of sp³-hybridized carbons (Fsp3) is 0.333. The van der Waals surface area contributed by atoms with Gasteiger partial charge < -0.3 is 29.2 Å². The number of aromatic nitrogens is 3. The lowest BCUT2D eigenvalue weighted by atomic mass is 10.1. The first-order valence-corrected chi connectivity index (χ1v) is 12.4. The fourth-order valence-corrected chi connectivity index (χ4v) is 4.53. The SMILES string of the molecule is COc1cc(N(C)CCN(C)C)c([N+](=O)[O-])cc1Nc1nccc(-c2cn(C3COC3)c3ccccc23)n1. The topological polar surface area (TPSA) is 111 Å². The molecule has 1 aliphatic rings. The minimum absolute atomic E-state index is 0.0310. The van der Waals surface area contributed by atoms with Gasteiger partial charge in [0.25, 0.3) is 5.69 Å². The number of hydrogen-bond acceptors (Lipinski definition) is 9. The number of nitro benzene ring substituents is 1. The molecular formula is C27H31N7O4. The minimum atomic E-state index is -0.386. The Balaban J connectivity index is 1.49. The van der Waals surface area contributed by atoms with E-state index in [4.69, 9.17) is 14.5 Å². The van der Waals surface area contributed by atoms with Crippen molar-refractivity contribution in [3.63, 3.8) is 0 Å². The van der Waals surface area contributed by atoms with Gasteiger partial charge in [-0.3, -0.25) is 10.1 Å². The van der Waals surface area contributed by atoms with Crippen LogP contribution in [0.25, 0.3) is 22.2 Å². The number of anilines is 3. The zero-order valence-electron chi connectivity index (χ0n) is 21.9. The van der Waals surface area contributed by atoms with Crippen LogP contribution in [0.5, 0.6) is 5.75 Å². The third kappa shape index (κ3) is 4.98. The number of ether oxygens (including phenoxy) is 2. The van der Waals surface area contributed by atoms with E-state index in [-0.39, 0.29) is 10.6 Å². The maximum absolute atomic E-state index is 12.0. The third-order valence-corrected chi connectivity index (χ3v) is 6.72. The van der Waals surface area contributed by atoms with Gasteiger partial charge in [-0.25, -0.2) is 9.97 Å². The lowest BCUT2D eigenvalue weighted by Crippen LogP contribution is -2.29. The monoisotopic (exact) mass is 517 g/mol. The Labute approximate surface area is 220 Å². The highest BCUT2D eigenvalue weighted by Gasteiger charge is 2.25. The van der Waals surface area contributed by atoms with Gasteiger partial charge in [-0.05, 0) is 26.2 Å². The first-order chi connectivity index (χ1) is 18.4. The van der Waals surface area contributed by atoms with Gasteiger partial charge in [-0.15, -0.1) is 0 Å². The van der Waals surface area contributed by atoms with Crippen LogP contribution in [0.2, 0.25) is 0 Å². The predicted molar refractivity (Wildman–Crippen MR) is 148 cm³/mol. The second-order valence-corrected chi connectivity index (χ2v) is 9.57. The van der Waals surface area contributed by atoms with Crippen LogP contribution in [0.4, 0.5) is 23.0 Å². The number of nitrogens with zero attached hydrogens (tertiary/aromatic N) is 6. The summed E-state index contributed by atoms with van der Waals surface area (Å²) in [6.07, 6.45) is 3.78. The first kappa shape index (κ1) is 25.4. The van der Waals surface area contributed by atoms with Gasteiger partial charge in [0.2, 0.25) is 5.95 Å². The van der Waals surface area contributed by atoms with Gasteiger partial charge in [-0.1, -0.05) is 18.2 Å². The van der Waals surface area contributed by atoms with E-state index in [0.717, 1.165) is 28.7 Å². The molecule has 1 saturated heterocycles. The standard InChI is InChI=1S/C27H31N7O4/c1-31(2)11-12-32(3)24-14-26(37-4)22(13-25(24)34(35)36)30-27-28-10-9-21(29-27)20-15-33(18-16-38-17-18)23-8-6-5-7-19(20)23/h5-10,13-15,18H,11-12,16-17H2,1-4H3,(H,28,29,30). The summed E-state index contributed by atoms with van der Waals surface area (Å²) in [5, 5.41) is 16.2. The smallest absolute Gasteiger partial charge is 0.294 e. The van der Waals surface area contributed by atoms with Crippen LogP contribution in [0, 0.1) is 10.1 Å². The number of nitro groups is 1. The Morgan fingerprint density at radius 2 is 1.97 bits per heavy atom. The second kappa shape index (κ2) is 10.6. The average molecular weight is 518 g/mol. The van der Waals surface area contributed by atoms with Gasteiger partial charge in [-0.2, -0.15) is 0 Å². The van der Waals surface area contributed by atoms with Crippen LogP contribution in [0.1, 0.15) is 6.04 Å². The Morgan fingerprint density at radius 1 is 1.18 bits per heavy atom. The second-order valence-electron chi connectivity index (χ2n) is 9.57. The fourth-order valence-electron chi connectivity index (χ4n) is 4.53. The summed E-state index contributed by atoms with van der Waals surface area (Å²) >= 11 is 0. The molecule has 11 heteroatoms. The Bertz CT molecular complexity index is 1470. The minimum Gasteiger partial charge on any atom is -0.494 e. The molecule has 1 fully saturated rings.